The van der Waals surface area contributed by atoms with Gasteiger partial charge in [-0.1, -0.05) is 12.1 Å². The molecule has 3 aromatic carbocycles. The van der Waals surface area contributed by atoms with E-state index in [2.05, 4.69) is 5.32 Å². The standard InChI is InChI=1S/C31H39N3O8S/c1-7-32-31(36)22(3)33(20-23-10-9-11-26(18-23)39-4)30(35)21-34(24-12-14-25(15-13-24)42-8-2)43(37,38)27-16-17-28(40-5)29(19-27)41-6/h9-19,22H,7-8,20-21H2,1-6H3,(H,32,36)/t22-/m1/s1. The molecule has 3 aromatic rings. The maximum Gasteiger partial charge on any atom is 0.264 e. The third-order valence-corrected chi connectivity index (χ3v) is 8.43. The van der Waals surface area contributed by atoms with E-state index in [1.165, 1.54) is 44.4 Å². The Labute approximate surface area is 253 Å². The lowest BCUT2D eigenvalue weighted by Gasteiger charge is -2.32. The summed E-state index contributed by atoms with van der Waals surface area (Å²) in [4.78, 5) is 28.2. The molecule has 12 heteroatoms. The number of carbonyl (C=O) groups is 2. The smallest absolute Gasteiger partial charge is 0.264 e. The third-order valence-electron chi connectivity index (χ3n) is 6.66. The van der Waals surface area contributed by atoms with Crippen LogP contribution < -0.4 is 28.6 Å². The van der Waals surface area contributed by atoms with Gasteiger partial charge in [-0.05, 0) is 74.9 Å². The molecular weight excluding hydrogens is 574 g/mol. The second kappa shape index (κ2) is 15.1. The lowest BCUT2D eigenvalue weighted by atomic mass is 10.1. The topological polar surface area (TPSA) is 124 Å². The normalized spacial score (nSPS) is 11.7. The van der Waals surface area contributed by atoms with Crippen LogP contribution in [0.25, 0.3) is 0 Å². The molecule has 3 rings (SSSR count). The zero-order valence-electron chi connectivity index (χ0n) is 25.3. The van der Waals surface area contributed by atoms with Crippen LogP contribution in [0.2, 0.25) is 0 Å². The second-order valence-electron chi connectivity index (χ2n) is 9.40. The first-order valence-corrected chi connectivity index (χ1v) is 15.2. The molecule has 2 amide bonds. The van der Waals surface area contributed by atoms with E-state index in [9.17, 15) is 18.0 Å². The summed E-state index contributed by atoms with van der Waals surface area (Å²) >= 11 is 0. The Kier molecular flexibility index (Phi) is 11.6. The van der Waals surface area contributed by atoms with Crippen LogP contribution >= 0.6 is 0 Å². The van der Waals surface area contributed by atoms with Crippen LogP contribution in [0.1, 0.15) is 26.3 Å². The van der Waals surface area contributed by atoms with Crippen molar-refractivity contribution < 1.29 is 37.0 Å². The Hall–Kier alpha value is -4.45. The molecule has 0 radical (unpaired) electrons. The number of rotatable bonds is 15. The van der Waals surface area contributed by atoms with Gasteiger partial charge in [-0.15, -0.1) is 0 Å². The zero-order chi connectivity index (χ0) is 31.6. The Morgan fingerprint density at radius 2 is 1.56 bits per heavy atom. The molecule has 0 saturated carbocycles. The largest absolute Gasteiger partial charge is 0.497 e. The van der Waals surface area contributed by atoms with E-state index in [4.69, 9.17) is 18.9 Å². The van der Waals surface area contributed by atoms with E-state index < -0.39 is 28.5 Å². The van der Waals surface area contributed by atoms with Crippen molar-refractivity contribution in [1.29, 1.82) is 0 Å². The number of nitrogens with zero attached hydrogens (tertiary/aromatic N) is 2. The molecule has 1 N–H and O–H groups in total. The van der Waals surface area contributed by atoms with Crippen molar-refractivity contribution in [1.82, 2.24) is 10.2 Å². The summed E-state index contributed by atoms with van der Waals surface area (Å²) in [5, 5.41) is 2.74. The molecule has 0 aliphatic carbocycles. The van der Waals surface area contributed by atoms with Crippen molar-refractivity contribution in [3.05, 3.63) is 72.3 Å². The van der Waals surface area contributed by atoms with Gasteiger partial charge in [0.05, 0.1) is 38.5 Å². The van der Waals surface area contributed by atoms with Gasteiger partial charge < -0.3 is 29.2 Å². The minimum atomic E-state index is -4.32. The second-order valence-corrected chi connectivity index (χ2v) is 11.3. The number of hydrogen-bond acceptors (Lipinski definition) is 8. The SMILES string of the molecule is CCNC(=O)[C@@H](C)N(Cc1cccc(OC)c1)C(=O)CN(c1ccc(OCC)cc1)S(=O)(=O)c1ccc(OC)c(OC)c1. The van der Waals surface area contributed by atoms with Gasteiger partial charge in [0.25, 0.3) is 10.0 Å². The van der Waals surface area contributed by atoms with Gasteiger partial charge in [0.1, 0.15) is 24.1 Å². The molecule has 0 bridgehead atoms. The van der Waals surface area contributed by atoms with E-state index in [0.717, 1.165) is 4.31 Å². The lowest BCUT2D eigenvalue weighted by Crippen LogP contribution is -2.51. The van der Waals surface area contributed by atoms with Crippen LogP contribution in [0.3, 0.4) is 0 Å². The number of ether oxygens (including phenoxy) is 4. The summed E-state index contributed by atoms with van der Waals surface area (Å²) in [6.07, 6.45) is 0. The van der Waals surface area contributed by atoms with Crippen molar-refractivity contribution in [2.24, 2.45) is 0 Å². The fraction of sp³-hybridized carbons (Fsp3) is 0.355. The average molecular weight is 614 g/mol. The molecule has 11 nitrogen and oxygen atoms in total. The number of nitrogens with one attached hydrogen (secondary N) is 1. The summed E-state index contributed by atoms with van der Waals surface area (Å²) in [5.41, 5.74) is 0.942. The van der Waals surface area contributed by atoms with E-state index in [-0.39, 0.29) is 28.8 Å². The maximum atomic E-state index is 14.1. The molecule has 232 valence electrons. The van der Waals surface area contributed by atoms with Crippen LogP contribution in [-0.2, 0) is 26.2 Å². The number of amides is 2. The summed E-state index contributed by atoms with van der Waals surface area (Å²) in [5.74, 6) is 0.748. The molecule has 0 aromatic heterocycles. The fourth-order valence-corrected chi connectivity index (χ4v) is 5.81. The van der Waals surface area contributed by atoms with Gasteiger partial charge in [-0.3, -0.25) is 13.9 Å². The first kappa shape index (κ1) is 33.1. The van der Waals surface area contributed by atoms with Crippen molar-refractivity contribution in [2.45, 2.75) is 38.3 Å². The number of hydrogen-bond donors (Lipinski definition) is 1. The van der Waals surface area contributed by atoms with Gasteiger partial charge in [-0.25, -0.2) is 8.42 Å². The van der Waals surface area contributed by atoms with E-state index >= 15 is 0 Å². The predicted molar refractivity (Wildman–Crippen MR) is 163 cm³/mol. The van der Waals surface area contributed by atoms with Crippen molar-refractivity contribution >= 4 is 27.5 Å². The Balaban J connectivity index is 2.08. The quantitative estimate of drug-likeness (QED) is 0.274. The predicted octanol–water partition coefficient (Wildman–Crippen LogP) is 3.86. The summed E-state index contributed by atoms with van der Waals surface area (Å²) < 4.78 is 50.8. The molecule has 1 atom stereocenters. The molecule has 0 aliphatic rings. The Morgan fingerprint density at radius 3 is 2.16 bits per heavy atom. The van der Waals surface area contributed by atoms with Crippen LogP contribution in [0, 0.1) is 0 Å². The molecule has 0 unspecified atom stereocenters. The van der Waals surface area contributed by atoms with Gasteiger partial charge in [0, 0.05) is 19.2 Å². The van der Waals surface area contributed by atoms with Crippen LogP contribution in [0.5, 0.6) is 23.0 Å². The zero-order valence-corrected chi connectivity index (χ0v) is 26.1. The highest BCUT2D eigenvalue weighted by molar-refractivity contribution is 7.92. The molecule has 0 spiro atoms. The number of carbonyl (C=O) groups excluding carboxylic acids is 2. The Morgan fingerprint density at radius 1 is 0.860 bits per heavy atom. The average Bonchev–Trinajstić information content (AvgIpc) is 3.02. The first-order valence-electron chi connectivity index (χ1n) is 13.8. The number of methoxy groups -OCH3 is 3. The lowest BCUT2D eigenvalue weighted by molar-refractivity contribution is -0.139. The molecule has 0 fully saturated rings. The fourth-order valence-electron chi connectivity index (χ4n) is 4.38. The van der Waals surface area contributed by atoms with Crippen molar-refractivity contribution in [3.8, 4) is 23.0 Å². The molecule has 0 heterocycles. The monoisotopic (exact) mass is 613 g/mol. The van der Waals surface area contributed by atoms with E-state index in [1.807, 2.05) is 6.92 Å². The summed E-state index contributed by atoms with van der Waals surface area (Å²) in [6.45, 7) is 5.49. The highest BCUT2D eigenvalue weighted by Gasteiger charge is 2.33. The molecule has 43 heavy (non-hydrogen) atoms. The minimum Gasteiger partial charge on any atom is -0.497 e. The molecule has 0 saturated heterocycles. The molecule has 0 aliphatic heterocycles. The number of sulfonamides is 1. The highest BCUT2D eigenvalue weighted by atomic mass is 32.2. The molecular formula is C31H39N3O8S. The van der Waals surface area contributed by atoms with Crippen LogP contribution in [-0.4, -0.2) is 72.2 Å². The maximum absolute atomic E-state index is 14.1. The van der Waals surface area contributed by atoms with Crippen molar-refractivity contribution in [3.63, 3.8) is 0 Å². The van der Waals surface area contributed by atoms with Crippen molar-refractivity contribution in [2.75, 3.05) is 45.3 Å². The highest BCUT2D eigenvalue weighted by Crippen LogP contribution is 2.33. The first-order chi connectivity index (χ1) is 20.6. The van der Waals surface area contributed by atoms with Crippen LogP contribution in [0.4, 0.5) is 5.69 Å². The van der Waals surface area contributed by atoms with E-state index in [0.29, 0.717) is 36.0 Å². The van der Waals surface area contributed by atoms with E-state index in [1.54, 1.807) is 62.4 Å². The van der Waals surface area contributed by atoms with Gasteiger partial charge in [-0.2, -0.15) is 0 Å². The number of likely N-dealkylation sites (N-methyl/N-ethyl adjacent to an activating group) is 1. The van der Waals surface area contributed by atoms with Crippen LogP contribution in [0.15, 0.2) is 71.6 Å². The van der Waals surface area contributed by atoms with Gasteiger partial charge in [0.2, 0.25) is 11.8 Å². The number of anilines is 1. The minimum absolute atomic E-state index is 0.0435. The summed E-state index contributed by atoms with van der Waals surface area (Å²) in [6, 6.07) is 16.8. The van der Waals surface area contributed by atoms with Gasteiger partial charge in [0.15, 0.2) is 11.5 Å². The third kappa shape index (κ3) is 8.10. The Bertz CT molecular complexity index is 1500. The summed E-state index contributed by atoms with van der Waals surface area (Å²) in [7, 11) is 0.0707. The van der Waals surface area contributed by atoms with Gasteiger partial charge >= 0.3 is 0 Å². The number of benzene rings is 3.